The predicted octanol–water partition coefficient (Wildman–Crippen LogP) is 3.86. The van der Waals surface area contributed by atoms with E-state index in [1.54, 1.807) is 0 Å². The molecular formula is C18H27NO. The fourth-order valence-electron chi connectivity index (χ4n) is 3.81. The molecule has 2 atom stereocenters. The maximum Gasteiger partial charge on any atom is 0.0773 e. The maximum absolute atomic E-state index is 6.33. The second-order valence-corrected chi connectivity index (χ2v) is 6.30. The van der Waals surface area contributed by atoms with Gasteiger partial charge in [-0.25, -0.2) is 0 Å². The van der Waals surface area contributed by atoms with E-state index in [0.29, 0.717) is 12.1 Å². The number of likely N-dealkylation sites (N-methyl/N-ethyl adjacent to an activating group) is 1. The van der Waals surface area contributed by atoms with Gasteiger partial charge in [0.1, 0.15) is 0 Å². The minimum atomic E-state index is 0.352. The van der Waals surface area contributed by atoms with Gasteiger partial charge in [-0.1, -0.05) is 44.0 Å². The van der Waals surface area contributed by atoms with Crippen LogP contribution in [0.4, 0.5) is 0 Å². The highest BCUT2D eigenvalue weighted by Gasteiger charge is 2.30. The molecular weight excluding hydrogens is 246 g/mol. The Hall–Kier alpha value is -0.860. The first-order chi connectivity index (χ1) is 9.88. The van der Waals surface area contributed by atoms with Crippen LogP contribution in [0.3, 0.4) is 0 Å². The normalized spacial score (nSPS) is 26.6. The van der Waals surface area contributed by atoms with Crippen LogP contribution in [0.15, 0.2) is 24.3 Å². The Balaban J connectivity index is 1.67. The summed E-state index contributed by atoms with van der Waals surface area (Å²) in [5.74, 6) is 0.814. The third kappa shape index (κ3) is 3.07. The van der Waals surface area contributed by atoms with Crippen molar-refractivity contribution in [2.75, 3.05) is 13.2 Å². The summed E-state index contributed by atoms with van der Waals surface area (Å²) in [6, 6.07) is 9.23. The predicted molar refractivity (Wildman–Crippen MR) is 82.9 cm³/mol. The summed E-state index contributed by atoms with van der Waals surface area (Å²) in [6.45, 7) is 4.16. The largest absolute Gasteiger partial charge is 0.376 e. The molecule has 2 heteroatoms. The van der Waals surface area contributed by atoms with Crippen LogP contribution >= 0.6 is 0 Å². The maximum atomic E-state index is 6.33. The molecule has 1 aromatic carbocycles. The van der Waals surface area contributed by atoms with Crippen molar-refractivity contribution in [3.63, 3.8) is 0 Å². The molecule has 0 amide bonds. The first-order valence-corrected chi connectivity index (χ1v) is 8.31. The molecule has 0 spiro atoms. The standard InChI is InChI=1S/C18H27NO/c1-2-19-18-16-10-6-5-9-15(16)11-12-17(18)20-13-14-7-3-4-8-14/h5-6,9-10,14,17-19H,2-4,7-8,11-13H2,1H3. The van der Waals surface area contributed by atoms with Crippen molar-refractivity contribution >= 4 is 0 Å². The first-order valence-electron chi connectivity index (χ1n) is 8.31. The summed E-state index contributed by atoms with van der Waals surface area (Å²) in [5, 5.41) is 3.64. The molecule has 0 heterocycles. The van der Waals surface area contributed by atoms with Gasteiger partial charge in [0.2, 0.25) is 0 Å². The summed E-state index contributed by atoms with van der Waals surface area (Å²) >= 11 is 0. The van der Waals surface area contributed by atoms with Crippen molar-refractivity contribution in [1.82, 2.24) is 5.32 Å². The van der Waals surface area contributed by atoms with Crippen LogP contribution in [0.2, 0.25) is 0 Å². The van der Waals surface area contributed by atoms with E-state index in [2.05, 4.69) is 36.5 Å². The molecule has 3 rings (SSSR count). The number of hydrogen-bond donors (Lipinski definition) is 1. The molecule has 1 aromatic rings. The van der Waals surface area contributed by atoms with Gasteiger partial charge in [0.15, 0.2) is 0 Å². The van der Waals surface area contributed by atoms with E-state index >= 15 is 0 Å². The van der Waals surface area contributed by atoms with Crippen molar-refractivity contribution in [2.45, 2.75) is 57.6 Å². The summed E-state index contributed by atoms with van der Waals surface area (Å²) in [4.78, 5) is 0. The number of nitrogens with one attached hydrogen (secondary N) is 1. The van der Waals surface area contributed by atoms with Crippen molar-refractivity contribution in [2.24, 2.45) is 5.92 Å². The van der Waals surface area contributed by atoms with E-state index < -0.39 is 0 Å². The van der Waals surface area contributed by atoms with Crippen LogP contribution < -0.4 is 5.32 Å². The molecule has 0 radical (unpaired) electrons. The smallest absolute Gasteiger partial charge is 0.0773 e. The minimum Gasteiger partial charge on any atom is -0.376 e. The molecule has 1 fully saturated rings. The van der Waals surface area contributed by atoms with Crippen LogP contribution in [0, 0.1) is 5.92 Å². The molecule has 1 saturated carbocycles. The second kappa shape index (κ2) is 6.73. The van der Waals surface area contributed by atoms with Crippen LogP contribution in [-0.4, -0.2) is 19.3 Å². The third-order valence-corrected chi connectivity index (χ3v) is 4.90. The molecule has 2 nitrogen and oxygen atoms in total. The summed E-state index contributed by atoms with van der Waals surface area (Å²) < 4.78 is 6.33. The number of benzene rings is 1. The number of hydrogen-bond acceptors (Lipinski definition) is 2. The van der Waals surface area contributed by atoms with Crippen LogP contribution in [-0.2, 0) is 11.2 Å². The molecule has 2 aliphatic carbocycles. The van der Waals surface area contributed by atoms with Gasteiger partial charge < -0.3 is 10.1 Å². The Bertz CT molecular complexity index is 425. The lowest BCUT2D eigenvalue weighted by Gasteiger charge is -2.34. The Morgan fingerprint density at radius 1 is 1.15 bits per heavy atom. The molecule has 2 unspecified atom stereocenters. The minimum absolute atomic E-state index is 0.352. The zero-order chi connectivity index (χ0) is 13.8. The SMILES string of the molecule is CCNC1c2ccccc2CCC1OCC1CCCC1. The summed E-state index contributed by atoms with van der Waals surface area (Å²) in [7, 11) is 0. The zero-order valence-corrected chi connectivity index (χ0v) is 12.6. The lowest BCUT2D eigenvalue weighted by Crippen LogP contribution is -2.38. The van der Waals surface area contributed by atoms with E-state index in [1.807, 2.05) is 0 Å². The molecule has 2 aliphatic rings. The van der Waals surface area contributed by atoms with Crippen LogP contribution in [0.5, 0.6) is 0 Å². The Labute approximate surface area is 122 Å². The fraction of sp³-hybridized carbons (Fsp3) is 0.667. The van der Waals surface area contributed by atoms with E-state index in [4.69, 9.17) is 4.74 Å². The zero-order valence-electron chi connectivity index (χ0n) is 12.6. The topological polar surface area (TPSA) is 21.3 Å². The van der Waals surface area contributed by atoms with Crippen LogP contribution in [0.1, 0.15) is 56.2 Å². The van der Waals surface area contributed by atoms with Gasteiger partial charge in [0.25, 0.3) is 0 Å². The molecule has 0 bridgehead atoms. The fourth-order valence-corrected chi connectivity index (χ4v) is 3.81. The quantitative estimate of drug-likeness (QED) is 0.879. The number of aryl methyl sites for hydroxylation is 1. The van der Waals surface area contributed by atoms with Crippen molar-refractivity contribution in [1.29, 1.82) is 0 Å². The first kappa shape index (κ1) is 14.1. The summed E-state index contributed by atoms with van der Waals surface area (Å²) in [6.07, 6.45) is 8.21. The highest BCUT2D eigenvalue weighted by atomic mass is 16.5. The van der Waals surface area contributed by atoms with Gasteiger partial charge in [-0.3, -0.25) is 0 Å². The van der Waals surface area contributed by atoms with E-state index in [1.165, 1.54) is 36.8 Å². The lowest BCUT2D eigenvalue weighted by molar-refractivity contribution is -0.00222. The lowest BCUT2D eigenvalue weighted by atomic mass is 9.85. The molecule has 0 aliphatic heterocycles. The van der Waals surface area contributed by atoms with Gasteiger partial charge in [0.05, 0.1) is 12.1 Å². The van der Waals surface area contributed by atoms with Crippen molar-refractivity contribution in [3.05, 3.63) is 35.4 Å². The van der Waals surface area contributed by atoms with Gasteiger partial charge in [-0.2, -0.15) is 0 Å². The molecule has 1 N–H and O–H groups in total. The van der Waals surface area contributed by atoms with Gasteiger partial charge in [-0.15, -0.1) is 0 Å². The molecule has 20 heavy (non-hydrogen) atoms. The Kier molecular flexibility index (Phi) is 4.74. The van der Waals surface area contributed by atoms with Crippen molar-refractivity contribution < 1.29 is 4.74 Å². The highest BCUT2D eigenvalue weighted by Crippen LogP contribution is 2.33. The number of rotatable bonds is 5. The second-order valence-electron chi connectivity index (χ2n) is 6.30. The monoisotopic (exact) mass is 273 g/mol. The summed E-state index contributed by atoms with van der Waals surface area (Å²) in [5.41, 5.74) is 2.95. The van der Waals surface area contributed by atoms with Crippen molar-refractivity contribution in [3.8, 4) is 0 Å². The molecule has 0 aromatic heterocycles. The molecule has 110 valence electrons. The van der Waals surface area contributed by atoms with Crippen LogP contribution in [0.25, 0.3) is 0 Å². The van der Waals surface area contributed by atoms with Gasteiger partial charge in [-0.05, 0) is 49.3 Å². The number of fused-ring (bicyclic) bond motifs is 1. The molecule has 0 saturated heterocycles. The Morgan fingerprint density at radius 3 is 2.75 bits per heavy atom. The van der Waals surface area contributed by atoms with Gasteiger partial charge in [0, 0.05) is 6.61 Å². The van der Waals surface area contributed by atoms with E-state index in [-0.39, 0.29) is 0 Å². The average molecular weight is 273 g/mol. The highest BCUT2D eigenvalue weighted by molar-refractivity contribution is 5.33. The van der Waals surface area contributed by atoms with E-state index in [9.17, 15) is 0 Å². The third-order valence-electron chi connectivity index (χ3n) is 4.90. The van der Waals surface area contributed by atoms with Gasteiger partial charge >= 0.3 is 0 Å². The number of ether oxygens (including phenoxy) is 1. The van der Waals surface area contributed by atoms with E-state index in [0.717, 1.165) is 31.9 Å². The average Bonchev–Trinajstić information content (AvgIpc) is 3.00. The Morgan fingerprint density at radius 2 is 1.95 bits per heavy atom.